The maximum absolute atomic E-state index is 5.91. The fraction of sp³-hybridized carbons (Fsp3) is 0.222. The van der Waals surface area contributed by atoms with Gasteiger partial charge in [-0.1, -0.05) is 12.2 Å². The van der Waals surface area contributed by atoms with E-state index in [1.807, 2.05) is 32.1 Å². The summed E-state index contributed by atoms with van der Waals surface area (Å²) < 4.78 is 22.8. The first-order valence-electron chi connectivity index (χ1n) is 7.04. The van der Waals surface area contributed by atoms with Crippen LogP contribution in [0.5, 0.6) is 17.2 Å². The van der Waals surface area contributed by atoms with Gasteiger partial charge in [-0.05, 0) is 38.1 Å². The number of rotatable bonds is 4. The van der Waals surface area contributed by atoms with Gasteiger partial charge in [0.2, 0.25) is 5.75 Å². The molecule has 0 bridgehead atoms. The first kappa shape index (κ1) is 14.3. The summed E-state index contributed by atoms with van der Waals surface area (Å²) in [6.45, 7) is 8.33. The molecule has 2 heterocycles. The topological polar surface area (TPSA) is 40.8 Å². The number of fused-ring (bicyclic) bond motifs is 2. The van der Waals surface area contributed by atoms with E-state index >= 15 is 0 Å². The summed E-state index contributed by atoms with van der Waals surface area (Å²) >= 11 is 0. The zero-order chi connectivity index (χ0) is 15.7. The zero-order valence-electron chi connectivity index (χ0n) is 12.9. The van der Waals surface area contributed by atoms with Crippen LogP contribution in [0.1, 0.15) is 19.4 Å². The van der Waals surface area contributed by atoms with E-state index in [0.717, 1.165) is 10.9 Å². The Hall–Kier alpha value is -2.62. The third-order valence-electron chi connectivity index (χ3n) is 3.40. The van der Waals surface area contributed by atoms with Gasteiger partial charge in [0.15, 0.2) is 11.3 Å². The maximum atomic E-state index is 5.91. The van der Waals surface area contributed by atoms with Crippen LogP contribution >= 0.6 is 0 Å². The highest BCUT2D eigenvalue weighted by molar-refractivity contribution is 5.97. The molecule has 3 rings (SSSR count). The summed E-state index contributed by atoms with van der Waals surface area (Å²) in [6.07, 6.45) is 7.33. The number of allylic oxidation sites excluding steroid dienone is 2. The minimum Gasteiger partial charge on any atom is -0.495 e. The zero-order valence-corrected chi connectivity index (χ0v) is 12.9. The lowest BCUT2D eigenvalue weighted by Gasteiger charge is -2.20. The Morgan fingerprint density at radius 3 is 2.82 bits per heavy atom. The van der Waals surface area contributed by atoms with Crippen molar-refractivity contribution in [1.29, 1.82) is 0 Å². The van der Waals surface area contributed by atoms with Crippen LogP contribution in [0.2, 0.25) is 0 Å². The Balaban J connectivity index is 2.19. The van der Waals surface area contributed by atoms with E-state index in [4.69, 9.17) is 18.6 Å². The van der Waals surface area contributed by atoms with E-state index in [1.165, 1.54) is 5.57 Å². The van der Waals surface area contributed by atoms with Gasteiger partial charge in [0.1, 0.15) is 18.1 Å². The van der Waals surface area contributed by atoms with Crippen LogP contribution in [0.15, 0.2) is 46.8 Å². The van der Waals surface area contributed by atoms with Crippen LogP contribution in [0.4, 0.5) is 0 Å². The Morgan fingerprint density at radius 2 is 2.09 bits per heavy atom. The molecule has 0 N–H and O–H groups in total. The fourth-order valence-electron chi connectivity index (χ4n) is 2.37. The summed E-state index contributed by atoms with van der Waals surface area (Å²) in [6, 6.07) is 1.86. The molecule has 0 aliphatic carbocycles. The molecule has 1 aliphatic heterocycles. The molecule has 0 saturated carbocycles. The second kappa shape index (κ2) is 5.64. The van der Waals surface area contributed by atoms with Crippen molar-refractivity contribution in [2.75, 3.05) is 13.7 Å². The molecular formula is C18H18O4. The smallest absolute Gasteiger partial charge is 0.206 e. The van der Waals surface area contributed by atoms with Gasteiger partial charge in [0, 0.05) is 0 Å². The molecule has 1 aromatic heterocycles. The Kier molecular flexibility index (Phi) is 3.67. The van der Waals surface area contributed by atoms with Crippen molar-refractivity contribution in [2.45, 2.75) is 13.8 Å². The highest BCUT2D eigenvalue weighted by Crippen LogP contribution is 2.49. The average molecular weight is 298 g/mol. The molecule has 0 unspecified atom stereocenters. The Labute approximate surface area is 129 Å². The molecule has 0 radical (unpaired) electrons. The average Bonchev–Trinajstić information content (AvgIpc) is 2.95. The third kappa shape index (κ3) is 2.37. The van der Waals surface area contributed by atoms with E-state index in [-0.39, 0.29) is 0 Å². The lowest BCUT2D eigenvalue weighted by Crippen LogP contribution is -2.05. The number of ether oxygens (including phenoxy) is 3. The number of furan rings is 1. The van der Waals surface area contributed by atoms with Crippen molar-refractivity contribution in [3.8, 4) is 17.2 Å². The second-order valence-electron chi connectivity index (χ2n) is 5.26. The molecule has 114 valence electrons. The van der Waals surface area contributed by atoms with Gasteiger partial charge in [-0.25, -0.2) is 0 Å². The van der Waals surface area contributed by atoms with Crippen LogP contribution in [-0.4, -0.2) is 13.7 Å². The SMILES string of the molecule is C=C1C=Cc2c(c(OCC=C(C)C)c3occc3c2OC)O1. The summed E-state index contributed by atoms with van der Waals surface area (Å²) in [7, 11) is 1.63. The van der Waals surface area contributed by atoms with Crippen molar-refractivity contribution in [3.63, 3.8) is 0 Å². The summed E-state index contributed by atoms with van der Waals surface area (Å²) in [5.41, 5.74) is 2.63. The lowest BCUT2D eigenvalue weighted by atomic mass is 10.1. The van der Waals surface area contributed by atoms with Crippen LogP contribution in [0, 0.1) is 0 Å². The van der Waals surface area contributed by atoms with Gasteiger partial charge < -0.3 is 18.6 Å². The molecule has 4 nitrogen and oxygen atoms in total. The molecule has 4 heteroatoms. The summed E-state index contributed by atoms with van der Waals surface area (Å²) in [5, 5.41) is 0.856. The van der Waals surface area contributed by atoms with E-state index < -0.39 is 0 Å². The van der Waals surface area contributed by atoms with Gasteiger partial charge in [-0.3, -0.25) is 0 Å². The monoisotopic (exact) mass is 298 g/mol. The Morgan fingerprint density at radius 1 is 1.27 bits per heavy atom. The first-order chi connectivity index (χ1) is 10.6. The van der Waals surface area contributed by atoms with Crippen molar-refractivity contribution < 1.29 is 18.6 Å². The maximum Gasteiger partial charge on any atom is 0.206 e. The number of methoxy groups -OCH3 is 1. The van der Waals surface area contributed by atoms with E-state index in [0.29, 0.717) is 35.2 Å². The lowest BCUT2D eigenvalue weighted by molar-refractivity contribution is 0.328. The summed E-state index contributed by atoms with van der Waals surface area (Å²) in [5.74, 6) is 2.40. The minimum atomic E-state index is 0.441. The van der Waals surface area contributed by atoms with Gasteiger partial charge in [-0.15, -0.1) is 0 Å². The molecule has 0 saturated heterocycles. The molecule has 0 spiro atoms. The van der Waals surface area contributed by atoms with E-state index in [9.17, 15) is 0 Å². The molecule has 0 atom stereocenters. The number of hydrogen-bond acceptors (Lipinski definition) is 4. The van der Waals surface area contributed by atoms with Gasteiger partial charge in [0.05, 0.1) is 24.3 Å². The van der Waals surface area contributed by atoms with Gasteiger partial charge >= 0.3 is 0 Å². The predicted octanol–water partition coefficient (Wildman–Crippen LogP) is 4.71. The van der Waals surface area contributed by atoms with E-state index in [2.05, 4.69) is 6.58 Å². The molecule has 22 heavy (non-hydrogen) atoms. The van der Waals surface area contributed by atoms with Crippen LogP contribution in [0.25, 0.3) is 17.0 Å². The Bertz CT molecular complexity index is 789. The second-order valence-corrected chi connectivity index (χ2v) is 5.26. The quantitative estimate of drug-likeness (QED) is 0.767. The predicted molar refractivity (Wildman–Crippen MR) is 86.5 cm³/mol. The van der Waals surface area contributed by atoms with Gasteiger partial charge in [-0.2, -0.15) is 0 Å². The molecule has 0 amide bonds. The van der Waals surface area contributed by atoms with Crippen LogP contribution in [0.3, 0.4) is 0 Å². The molecule has 2 aromatic rings. The number of hydrogen-bond donors (Lipinski definition) is 0. The van der Waals surface area contributed by atoms with Crippen LogP contribution < -0.4 is 14.2 Å². The van der Waals surface area contributed by atoms with E-state index in [1.54, 1.807) is 19.4 Å². The summed E-state index contributed by atoms with van der Waals surface area (Å²) in [4.78, 5) is 0. The van der Waals surface area contributed by atoms with Crippen molar-refractivity contribution in [3.05, 3.63) is 48.0 Å². The molecule has 0 fully saturated rings. The van der Waals surface area contributed by atoms with Crippen LogP contribution in [-0.2, 0) is 0 Å². The number of benzene rings is 1. The molecule has 1 aliphatic rings. The standard InChI is InChI=1S/C18H18O4/c1-11(2)7-9-21-18-16-14(8-10-20-16)15(19-4)13-6-5-12(3)22-17(13)18/h5-8,10H,3,9H2,1-2,4H3. The first-order valence-corrected chi connectivity index (χ1v) is 7.04. The van der Waals surface area contributed by atoms with Crippen molar-refractivity contribution >= 4 is 17.0 Å². The van der Waals surface area contributed by atoms with Crippen molar-refractivity contribution in [2.24, 2.45) is 0 Å². The largest absolute Gasteiger partial charge is 0.495 e. The molecular weight excluding hydrogens is 280 g/mol. The fourth-order valence-corrected chi connectivity index (χ4v) is 2.37. The van der Waals surface area contributed by atoms with Gasteiger partial charge in [0.25, 0.3) is 0 Å². The highest BCUT2D eigenvalue weighted by atomic mass is 16.5. The third-order valence-corrected chi connectivity index (χ3v) is 3.40. The highest BCUT2D eigenvalue weighted by Gasteiger charge is 2.25. The van der Waals surface area contributed by atoms with Crippen molar-refractivity contribution in [1.82, 2.24) is 0 Å². The minimum absolute atomic E-state index is 0.441. The molecule has 1 aromatic carbocycles. The normalized spacial score (nSPS) is 12.8.